The molecule has 0 atom stereocenters. The molecule has 5 heteroatoms. The van der Waals surface area contributed by atoms with Gasteiger partial charge in [-0.05, 0) is 52.0 Å². The van der Waals surface area contributed by atoms with E-state index in [2.05, 4.69) is 5.32 Å². The van der Waals surface area contributed by atoms with Crippen LogP contribution >= 0.6 is 11.8 Å². The zero-order valence-corrected chi connectivity index (χ0v) is 13.2. The number of carboxylic acids is 1. The van der Waals surface area contributed by atoms with Gasteiger partial charge < -0.3 is 10.4 Å². The van der Waals surface area contributed by atoms with Crippen LogP contribution in [0.5, 0.6) is 0 Å². The summed E-state index contributed by atoms with van der Waals surface area (Å²) in [7, 11) is 0. The van der Waals surface area contributed by atoms with Gasteiger partial charge in [0.15, 0.2) is 0 Å². The van der Waals surface area contributed by atoms with Gasteiger partial charge in [0.05, 0.1) is 5.41 Å². The predicted octanol–water partition coefficient (Wildman–Crippen LogP) is 3.40. The van der Waals surface area contributed by atoms with E-state index in [1.807, 2.05) is 13.8 Å². The van der Waals surface area contributed by atoms with E-state index >= 15 is 0 Å². The summed E-state index contributed by atoms with van der Waals surface area (Å²) in [6.45, 7) is 7.91. The number of carbonyl (C=O) groups is 1. The summed E-state index contributed by atoms with van der Waals surface area (Å²) in [5.41, 5.74) is -1.37. The maximum Gasteiger partial charge on any atom is 0.310 e. The first-order valence-electron chi connectivity index (χ1n) is 6.53. The van der Waals surface area contributed by atoms with Crippen LogP contribution in [0.3, 0.4) is 0 Å². The lowest BCUT2D eigenvalue weighted by Gasteiger charge is -2.39. The van der Waals surface area contributed by atoms with Crippen molar-refractivity contribution in [3.63, 3.8) is 0 Å². The van der Waals surface area contributed by atoms with Crippen LogP contribution < -0.4 is 5.32 Å². The third-order valence-electron chi connectivity index (χ3n) is 3.85. The zero-order valence-electron chi connectivity index (χ0n) is 12.4. The summed E-state index contributed by atoms with van der Waals surface area (Å²) in [4.78, 5) is 12.3. The van der Waals surface area contributed by atoms with Crippen molar-refractivity contribution in [1.29, 1.82) is 0 Å². The van der Waals surface area contributed by atoms with Crippen molar-refractivity contribution in [3.8, 4) is 0 Å². The second-order valence-electron chi connectivity index (χ2n) is 5.78. The maximum atomic E-state index is 12.8. The van der Waals surface area contributed by atoms with E-state index in [4.69, 9.17) is 0 Å². The van der Waals surface area contributed by atoms with E-state index in [0.717, 1.165) is 10.6 Å². The van der Waals surface area contributed by atoms with Crippen molar-refractivity contribution in [3.05, 3.63) is 30.1 Å². The number of aliphatic carboxylic acids is 1. The van der Waals surface area contributed by atoms with Crippen LogP contribution in [0, 0.1) is 11.2 Å². The first-order valence-corrected chi connectivity index (χ1v) is 7.52. The molecular formula is C15H22FNO2S. The lowest BCUT2D eigenvalue weighted by atomic mass is 9.74. The average molecular weight is 299 g/mol. The quantitative estimate of drug-likeness (QED) is 0.598. The van der Waals surface area contributed by atoms with Gasteiger partial charge in [0.2, 0.25) is 0 Å². The number of nitrogens with one attached hydrogen (secondary N) is 1. The van der Waals surface area contributed by atoms with E-state index in [1.54, 1.807) is 37.7 Å². The molecule has 2 N–H and O–H groups in total. The molecule has 1 aromatic rings. The Kier molecular flexibility index (Phi) is 5.59. The van der Waals surface area contributed by atoms with Crippen LogP contribution in [0.4, 0.5) is 4.39 Å². The fourth-order valence-corrected chi connectivity index (χ4v) is 2.32. The van der Waals surface area contributed by atoms with Gasteiger partial charge in [-0.3, -0.25) is 4.79 Å². The summed E-state index contributed by atoms with van der Waals surface area (Å²) in [5.74, 6) is -0.261. The van der Waals surface area contributed by atoms with Crippen molar-refractivity contribution >= 4 is 17.7 Å². The van der Waals surface area contributed by atoms with Crippen LogP contribution in [-0.2, 0) is 4.79 Å². The first-order chi connectivity index (χ1) is 9.17. The molecule has 0 heterocycles. The SMILES string of the molecule is CC(C)(NCCSc1ccc(F)cc1)C(C)(C)C(=O)O. The molecule has 0 aliphatic rings. The van der Waals surface area contributed by atoms with Crippen LogP contribution in [0.1, 0.15) is 27.7 Å². The Morgan fingerprint density at radius 3 is 2.30 bits per heavy atom. The Balaban J connectivity index is 2.44. The Bertz CT molecular complexity index is 457. The molecule has 0 spiro atoms. The molecule has 3 nitrogen and oxygen atoms in total. The van der Waals surface area contributed by atoms with E-state index in [1.165, 1.54) is 12.1 Å². The molecule has 20 heavy (non-hydrogen) atoms. The Hall–Kier alpha value is -1.07. The van der Waals surface area contributed by atoms with Crippen LogP contribution in [0.25, 0.3) is 0 Å². The average Bonchev–Trinajstić information content (AvgIpc) is 2.36. The van der Waals surface area contributed by atoms with Crippen LogP contribution in [0.15, 0.2) is 29.2 Å². The molecule has 0 fully saturated rings. The zero-order chi connectivity index (χ0) is 15.4. The van der Waals surface area contributed by atoms with Gasteiger partial charge in [-0.2, -0.15) is 0 Å². The fourth-order valence-electron chi connectivity index (χ4n) is 1.55. The normalized spacial score (nSPS) is 12.4. The number of carboxylic acid groups (broad SMARTS) is 1. The molecule has 0 bridgehead atoms. The lowest BCUT2D eigenvalue weighted by molar-refractivity contribution is -0.151. The Morgan fingerprint density at radius 1 is 1.25 bits per heavy atom. The van der Waals surface area contributed by atoms with Crippen LogP contribution in [-0.4, -0.2) is 28.9 Å². The first kappa shape index (κ1) is 17.0. The van der Waals surface area contributed by atoms with Gasteiger partial charge in [-0.1, -0.05) is 0 Å². The summed E-state index contributed by atoms with van der Waals surface area (Å²) >= 11 is 1.61. The fraction of sp³-hybridized carbons (Fsp3) is 0.533. The summed E-state index contributed by atoms with van der Waals surface area (Å²) in [6.07, 6.45) is 0. The van der Waals surface area contributed by atoms with Crippen molar-refractivity contribution in [2.45, 2.75) is 38.1 Å². The highest BCUT2D eigenvalue weighted by molar-refractivity contribution is 7.99. The standard InChI is InChI=1S/C15H22FNO2S/c1-14(2,13(18)19)15(3,4)17-9-10-20-12-7-5-11(16)6-8-12/h5-8,17H,9-10H2,1-4H3,(H,18,19). The highest BCUT2D eigenvalue weighted by Gasteiger charge is 2.42. The molecule has 0 radical (unpaired) electrons. The molecule has 0 amide bonds. The molecular weight excluding hydrogens is 277 g/mol. The van der Waals surface area contributed by atoms with E-state index in [9.17, 15) is 14.3 Å². The Labute approximate surface area is 124 Å². The molecule has 112 valence electrons. The van der Waals surface area contributed by atoms with Crippen molar-refractivity contribution in [2.75, 3.05) is 12.3 Å². The molecule has 1 aromatic carbocycles. The number of benzene rings is 1. The molecule has 0 saturated carbocycles. The largest absolute Gasteiger partial charge is 0.481 e. The smallest absolute Gasteiger partial charge is 0.310 e. The number of hydrogen-bond acceptors (Lipinski definition) is 3. The monoisotopic (exact) mass is 299 g/mol. The minimum Gasteiger partial charge on any atom is -0.481 e. The summed E-state index contributed by atoms with van der Waals surface area (Å²) < 4.78 is 12.8. The molecule has 0 aliphatic heterocycles. The highest BCUT2D eigenvalue weighted by atomic mass is 32.2. The molecule has 0 saturated heterocycles. The maximum absolute atomic E-state index is 12.8. The molecule has 1 rings (SSSR count). The van der Waals surface area contributed by atoms with Crippen molar-refractivity contribution in [2.24, 2.45) is 5.41 Å². The molecule has 0 aromatic heterocycles. The van der Waals surface area contributed by atoms with E-state index in [-0.39, 0.29) is 5.82 Å². The minimum absolute atomic E-state index is 0.239. The minimum atomic E-state index is -0.854. The van der Waals surface area contributed by atoms with E-state index in [0.29, 0.717) is 6.54 Å². The van der Waals surface area contributed by atoms with Gasteiger partial charge in [0.1, 0.15) is 5.82 Å². The topological polar surface area (TPSA) is 49.3 Å². The summed E-state index contributed by atoms with van der Waals surface area (Å²) in [6, 6.07) is 6.36. The number of thioether (sulfide) groups is 1. The van der Waals surface area contributed by atoms with Gasteiger partial charge in [-0.15, -0.1) is 11.8 Å². The van der Waals surface area contributed by atoms with Gasteiger partial charge in [0, 0.05) is 22.7 Å². The van der Waals surface area contributed by atoms with Crippen LogP contribution in [0.2, 0.25) is 0 Å². The van der Waals surface area contributed by atoms with Gasteiger partial charge in [-0.25, -0.2) is 4.39 Å². The molecule has 0 aliphatic carbocycles. The predicted molar refractivity (Wildman–Crippen MR) is 80.6 cm³/mol. The van der Waals surface area contributed by atoms with Gasteiger partial charge >= 0.3 is 5.97 Å². The van der Waals surface area contributed by atoms with Crippen molar-refractivity contribution < 1.29 is 14.3 Å². The molecule has 0 unspecified atom stereocenters. The number of halogens is 1. The second-order valence-corrected chi connectivity index (χ2v) is 6.95. The Morgan fingerprint density at radius 2 is 1.80 bits per heavy atom. The van der Waals surface area contributed by atoms with E-state index < -0.39 is 16.9 Å². The van der Waals surface area contributed by atoms with Crippen molar-refractivity contribution in [1.82, 2.24) is 5.32 Å². The second kappa shape index (κ2) is 6.59. The third kappa shape index (κ3) is 4.21. The third-order valence-corrected chi connectivity index (χ3v) is 4.86. The number of rotatable bonds is 7. The highest BCUT2D eigenvalue weighted by Crippen LogP contribution is 2.30. The lowest BCUT2D eigenvalue weighted by Crippen LogP contribution is -2.55. The van der Waals surface area contributed by atoms with Gasteiger partial charge in [0.25, 0.3) is 0 Å². The summed E-state index contributed by atoms with van der Waals surface area (Å²) in [5, 5.41) is 12.5. The number of hydrogen-bond donors (Lipinski definition) is 2.